The van der Waals surface area contributed by atoms with Gasteiger partial charge in [-0.15, -0.1) is 0 Å². The van der Waals surface area contributed by atoms with Crippen molar-refractivity contribution in [3.8, 4) is 5.75 Å². The van der Waals surface area contributed by atoms with E-state index in [0.29, 0.717) is 12.0 Å². The lowest BCUT2D eigenvalue weighted by molar-refractivity contribution is 0.290. The van der Waals surface area contributed by atoms with Crippen LogP contribution in [0.25, 0.3) is 0 Å². The number of hydrogen-bond acceptors (Lipinski definition) is 2. The lowest BCUT2D eigenvalue weighted by Crippen LogP contribution is -2.35. The predicted octanol–water partition coefficient (Wildman–Crippen LogP) is 3.09. The lowest BCUT2D eigenvalue weighted by atomic mass is 10.0. The van der Waals surface area contributed by atoms with Crippen LogP contribution in [0.1, 0.15) is 27.2 Å². The van der Waals surface area contributed by atoms with Crippen LogP contribution in [-0.4, -0.2) is 19.2 Å². The molecule has 1 aromatic carbocycles. The first-order valence-electron chi connectivity index (χ1n) is 6.15. The molecule has 0 aliphatic heterocycles. The van der Waals surface area contributed by atoms with Crippen molar-refractivity contribution < 1.29 is 4.74 Å². The Kier molecular flexibility index (Phi) is 5.94. The standard InChI is InChI=1S/C14H23NO/c1-4-14(12(2)3)15-10-11-16-13-8-6-5-7-9-13/h5-9,12,14-15H,4,10-11H2,1-3H3. The summed E-state index contributed by atoms with van der Waals surface area (Å²) >= 11 is 0. The van der Waals surface area contributed by atoms with Crippen LogP contribution in [0.3, 0.4) is 0 Å². The maximum absolute atomic E-state index is 5.62. The Morgan fingerprint density at radius 1 is 1.19 bits per heavy atom. The fourth-order valence-corrected chi connectivity index (χ4v) is 1.78. The molecular weight excluding hydrogens is 198 g/mol. The molecule has 0 amide bonds. The Hall–Kier alpha value is -1.02. The molecule has 0 aliphatic carbocycles. The molecule has 0 bridgehead atoms. The average Bonchev–Trinajstić information content (AvgIpc) is 2.30. The molecule has 0 fully saturated rings. The summed E-state index contributed by atoms with van der Waals surface area (Å²) in [6.07, 6.45) is 1.17. The molecule has 0 aliphatic rings. The highest BCUT2D eigenvalue weighted by Crippen LogP contribution is 2.08. The number of para-hydroxylation sites is 1. The zero-order valence-corrected chi connectivity index (χ0v) is 10.6. The van der Waals surface area contributed by atoms with E-state index in [1.807, 2.05) is 30.3 Å². The summed E-state index contributed by atoms with van der Waals surface area (Å²) in [5.41, 5.74) is 0. The first-order chi connectivity index (χ1) is 7.74. The van der Waals surface area contributed by atoms with Gasteiger partial charge in [0.15, 0.2) is 0 Å². The van der Waals surface area contributed by atoms with Crippen molar-refractivity contribution in [1.29, 1.82) is 0 Å². The third-order valence-electron chi connectivity index (χ3n) is 2.77. The molecule has 2 heteroatoms. The van der Waals surface area contributed by atoms with Crippen LogP contribution in [-0.2, 0) is 0 Å². The van der Waals surface area contributed by atoms with Gasteiger partial charge in [-0.1, -0.05) is 39.0 Å². The van der Waals surface area contributed by atoms with E-state index < -0.39 is 0 Å². The predicted molar refractivity (Wildman–Crippen MR) is 68.9 cm³/mol. The van der Waals surface area contributed by atoms with Crippen molar-refractivity contribution in [2.75, 3.05) is 13.2 Å². The summed E-state index contributed by atoms with van der Waals surface area (Å²) in [4.78, 5) is 0. The molecule has 0 saturated carbocycles. The van der Waals surface area contributed by atoms with Crippen molar-refractivity contribution in [2.45, 2.75) is 33.2 Å². The number of ether oxygens (including phenoxy) is 1. The molecule has 0 aromatic heterocycles. The highest BCUT2D eigenvalue weighted by molar-refractivity contribution is 5.20. The maximum Gasteiger partial charge on any atom is 0.119 e. The summed E-state index contributed by atoms with van der Waals surface area (Å²) in [6.45, 7) is 8.35. The van der Waals surface area contributed by atoms with Gasteiger partial charge in [-0.05, 0) is 24.5 Å². The fraction of sp³-hybridized carbons (Fsp3) is 0.571. The summed E-state index contributed by atoms with van der Waals surface area (Å²) in [7, 11) is 0. The minimum atomic E-state index is 0.597. The van der Waals surface area contributed by atoms with Gasteiger partial charge < -0.3 is 10.1 Å². The molecule has 90 valence electrons. The Bertz CT molecular complexity index is 271. The third kappa shape index (κ3) is 4.67. The number of benzene rings is 1. The SMILES string of the molecule is CCC(NCCOc1ccccc1)C(C)C. The molecule has 16 heavy (non-hydrogen) atoms. The molecule has 0 heterocycles. The zero-order chi connectivity index (χ0) is 11.8. The van der Waals surface area contributed by atoms with Crippen LogP contribution in [0.2, 0.25) is 0 Å². The molecular formula is C14H23NO. The summed E-state index contributed by atoms with van der Waals surface area (Å²) in [5, 5.41) is 3.51. The van der Waals surface area contributed by atoms with Crippen LogP contribution >= 0.6 is 0 Å². The summed E-state index contributed by atoms with van der Waals surface area (Å²) in [5.74, 6) is 1.63. The van der Waals surface area contributed by atoms with E-state index in [1.165, 1.54) is 6.42 Å². The number of nitrogens with one attached hydrogen (secondary N) is 1. The second kappa shape index (κ2) is 7.29. The molecule has 1 unspecified atom stereocenters. The van der Waals surface area contributed by atoms with Crippen LogP contribution in [0.5, 0.6) is 5.75 Å². The van der Waals surface area contributed by atoms with E-state index >= 15 is 0 Å². The summed E-state index contributed by atoms with van der Waals surface area (Å²) < 4.78 is 5.62. The lowest BCUT2D eigenvalue weighted by Gasteiger charge is -2.20. The van der Waals surface area contributed by atoms with Gasteiger partial charge in [0, 0.05) is 12.6 Å². The Labute approximate surface area is 99.0 Å². The second-order valence-electron chi connectivity index (χ2n) is 4.37. The van der Waals surface area contributed by atoms with Gasteiger partial charge in [0.1, 0.15) is 12.4 Å². The minimum Gasteiger partial charge on any atom is -0.492 e. The van der Waals surface area contributed by atoms with E-state index in [0.717, 1.165) is 18.9 Å². The fourth-order valence-electron chi connectivity index (χ4n) is 1.78. The van der Waals surface area contributed by atoms with E-state index in [-0.39, 0.29) is 0 Å². The normalized spacial score (nSPS) is 12.8. The highest BCUT2D eigenvalue weighted by atomic mass is 16.5. The molecule has 1 atom stereocenters. The minimum absolute atomic E-state index is 0.597. The van der Waals surface area contributed by atoms with E-state index in [9.17, 15) is 0 Å². The van der Waals surface area contributed by atoms with Gasteiger partial charge in [-0.2, -0.15) is 0 Å². The summed E-state index contributed by atoms with van der Waals surface area (Å²) in [6, 6.07) is 10.5. The zero-order valence-electron chi connectivity index (χ0n) is 10.6. The highest BCUT2D eigenvalue weighted by Gasteiger charge is 2.08. The second-order valence-corrected chi connectivity index (χ2v) is 4.37. The van der Waals surface area contributed by atoms with E-state index in [2.05, 4.69) is 26.1 Å². The number of rotatable bonds is 7. The first kappa shape index (κ1) is 13.0. The van der Waals surface area contributed by atoms with Gasteiger partial charge in [-0.25, -0.2) is 0 Å². The monoisotopic (exact) mass is 221 g/mol. The Morgan fingerprint density at radius 2 is 1.88 bits per heavy atom. The third-order valence-corrected chi connectivity index (χ3v) is 2.77. The van der Waals surface area contributed by atoms with Gasteiger partial charge in [0.2, 0.25) is 0 Å². The topological polar surface area (TPSA) is 21.3 Å². The molecule has 0 spiro atoms. The van der Waals surface area contributed by atoms with Gasteiger partial charge in [0.25, 0.3) is 0 Å². The largest absolute Gasteiger partial charge is 0.492 e. The molecule has 1 rings (SSSR count). The van der Waals surface area contributed by atoms with Crippen molar-refractivity contribution in [3.05, 3.63) is 30.3 Å². The van der Waals surface area contributed by atoms with Crippen LogP contribution in [0, 0.1) is 5.92 Å². The van der Waals surface area contributed by atoms with Gasteiger partial charge in [0.05, 0.1) is 0 Å². The molecule has 2 nitrogen and oxygen atoms in total. The van der Waals surface area contributed by atoms with Gasteiger partial charge >= 0.3 is 0 Å². The quantitative estimate of drug-likeness (QED) is 0.714. The van der Waals surface area contributed by atoms with Crippen LogP contribution < -0.4 is 10.1 Å². The maximum atomic E-state index is 5.62. The molecule has 0 saturated heterocycles. The van der Waals surface area contributed by atoms with Crippen molar-refractivity contribution in [2.24, 2.45) is 5.92 Å². The smallest absolute Gasteiger partial charge is 0.119 e. The molecule has 1 N–H and O–H groups in total. The van der Waals surface area contributed by atoms with E-state index in [4.69, 9.17) is 4.74 Å². The molecule has 1 aromatic rings. The van der Waals surface area contributed by atoms with Crippen LogP contribution in [0.15, 0.2) is 30.3 Å². The average molecular weight is 221 g/mol. The number of hydrogen-bond donors (Lipinski definition) is 1. The van der Waals surface area contributed by atoms with Crippen molar-refractivity contribution >= 4 is 0 Å². The Morgan fingerprint density at radius 3 is 2.44 bits per heavy atom. The van der Waals surface area contributed by atoms with Crippen molar-refractivity contribution in [3.63, 3.8) is 0 Å². The van der Waals surface area contributed by atoms with E-state index in [1.54, 1.807) is 0 Å². The van der Waals surface area contributed by atoms with Crippen molar-refractivity contribution in [1.82, 2.24) is 5.32 Å². The Balaban J connectivity index is 2.16. The molecule has 0 radical (unpaired) electrons. The van der Waals surface area contributed by atoms with Gasteiger partial charge in [-0.3, -0.25) is 0 Å². The van der Waals surface area contributed by atoms with Crippen LogP contribution in [0.4, 0.5) is 0 Å². The first-order valence-corrected chi connectivity index (χ1v) is 6.15.